The smallest absolute Gasteiger partial charge is 0.337 e. The number of unbranched alkanes of at least 4 members (excludes halogenated alkanes) is 1. The molecule has 0 spiro atoms. The van der Waals surface area contributed by atoms with Crippen molar-refractivity contribution < 1.29 is 23.5 Å². The van der Waals surface area contributed by atoms with Gasteiger partial charge in [0.25, 0.3) is 0 Å². The summed E-state index contributed by atoms with van der Waals surface area (Å²) in [5.74, 6) is 0.456. The maximum Gasteiger partial charge on any atom is 0.337 e. The summed E-state index contributed by atoms with van der Waals surface area (Å²) in [5.41, 5.74) is 2.74. The van der Waals surface area contributed by atoms with Crippen LogP contribution in [0.4, 0.5) is 0 Å². The van der Waals surface area contributed by atoms with Gasteiger partial charge in [-0.25, -0.2) is 4.79 Å². The summed E-state index contributed by atoms with van der Waals surface area (Å²) in [5, 5.41) is 0. The minimum Gasteiger partial charge on any atom is -0.494 e. The zero-order valence-corrected chi connectivity index (χ0v) is 23.0. The Morgan fingerprint density at radius 3 is 2.24 bits per heavy atom. The van der Waals surface area contributed by atoms with Crippen molar-refractivity contribution in [1.82, 2.24) is 0 Å². The van der Waals surface area contributed by atoms with E-state index in [0.717, 1.165) is 29.7 Å². The topological polar surface area (TPSA) is 61.8 Å². The fourth-order valence-corrected chi connectivity index (χ4v) is 6.19. The predicted octanol–water partition coefficient (Wildman–Crippen LogP) is 7.05. The van der Waals surface area contributed by atoms with Crippen molar-refractivity contribution in [3.63, 3.8) is 0 Å². The summed E-state index contributed by atoms with van der Waals surface area (Å²) in [6, 6.07) is 24.7. The number of esters is 1. The van der Waals surface area contributed by atoms with Crippen LogP contribution in [0.2, 0.25) is 19.6 Å². The SMILES string of the molecule is COC(=O)c1ccc(C=C2C(=O)c3ccccc3C2(CCCCOc2ccccc2)O[Si](C)(C)C)cc1. The van der Waals surface area contributed by atoms with Gasteiger partial charge in [-0.3, -0.25) is 4.79 Å². The molecule has 192 valence electrons. The summed E-state index contributed by atoms with van der Waals surface area (Å²) in [6.07, 6.45) is 4.26. The molecule has 1 unspecified atom stereocenters. The maximum absolute atomic E-state index is 13.8. The molecule has 0 saturated heterocycles. The first-order valence-electron chi connectivity index (χ1n) is 12.7. The van der Waals surface area contributed by atoms with Crippen molar-refractivity contribution in [3.8, 4) is 5.75 Å². The Bertz CT molecular complexity index is 1270. The van der Waals surface area contributed by atoms with Crippen molar-refractivity contribution in [2.75, 3.05) is 13.7 Å². The number of hydrogen-bond donors (Lipinski definition) is 0. The van der Waals surface area contributed by atoms with Gasteiger partial charge < -0.3 is 13.9 Å². The van der Waals surface area contributed by atoms with Gasteiger partial charge in [0.2, 0.25) is 0 Å². The molecule has 0 N–H and O–H groups in total. The third-order valence-electron chi connectivity index (χ3n) is 6.34. The third-order valence-corrected chi connectivity index (χ3v) is 7.31. The molecule has 37 heavy (non-hydrogen) atoms. The van der Waals surface area contributed by atoms with Gasteiger partial charge >= 0.3 is 5.97 Å². The molecule has 0 heterocycles. The molecule has 3 aromatic carbocycles. The number of ether oxygens (including phenoxy) is 2. The lowest BCUT2D eigenvalue weighted by Crippen LogP contribution is -2.41. The monoisotopic (exact) mass is 514 g/mol. The molecule has 1 atom stereocenters. The highest BCUT2D eigenvalue weighted by Crippen LogP contribution is 2.49. The summed E-state index contributed by atoms with van der Waals surface area (Å²) >= 11 is 0. The highest BCUT2D eigenvalue weighted by molar-refractivity contribution is 6.70. The lowest BCUT2D eigenvalue weighted by molar-refractivity contribution is 0.0600. The van der Waals surface area contributed by atoms with E-state index >= 15 is 0 Å². The number of rotatable bonds is 10. The molecular weight excluding hydrogens is 480 g/mol. The van der Waals surface area contributed by atoms with E-state index in [0.29, 0.717) is 29.7 Å². The summed E-state index contributed by atoms with van der Waals surface area (Å²) in [7, 11) is -0.726. The first kappa shape index (κ1) is 26.6. The zero-order chi connectivity index (χ0) is 26.5. The lowest BCUT2D eigenvalue weighted by Gasteiger charge is -2.38. The molecule has 0 aromatic heterocycles. The zero-order valence-electron chi connectivity index (χ0n) is 22.0. The van der Waals surface area contributed by atoms with Crippen LogP contribution < -0.4 is 4.74 Å². The Morgan fingerprint density at radius 1 is 0.892 bits per heavy atom. The van der Waals surface area contributed by atoms with Crippen LogP contribution in [0.3, 0.4) is 0 Å². The normalized spacial score (nSPS) is 18.1. The maximum atomic E-state index is 13.8. The fraction of sp³-hybridized carbons (Fsp3) is 0.290. The summed E-state index contributed by atoms with van der Waals surface area (Å²) < 4.78 is 17.7. The van der Waals surface area contributed by atoms with Crippen LogP contribution in [0.15, 0.2) is 84.4 Å². The number of ketones is 1. The van der Waals surface area contributed by atoms with Gasteiger partial charge in [-0.1, -0.05) is 54.6 Å². The van der Waals surface area contributed by atoms with E-state index < -0.39 is 19.9 Å². The number of Topliss-reactive ketones (excluding diaryl/α,β-unsaturated/α-hetero) is 1. The van der Waals surface area contributed by atoms with Crippen molar-refractivity contribution in [2.45, 2.75) is 44.5 Å². The predicted molar refractivity (Wildman–Crippen MR) is 148 cm³/mol. The number of para-hydroxylation sites is 1. The Balaban J connectivity index is 1.66. The molecule has 1 aliphatic carbocycles. The first-order valence-corrected chi connectivity index (χ1v) is 16.1. The molecule has 0 aliphatic heterocycles. The van der Waals surface area contributed by atoms with Crippen LogP contribution in [0, 0.1) is 0 Å². The van der Waals surface area contributed by atoms with Gasteiger partial charge in [-0.05, 0) is 80.4 Å². The van der Waals surface area contributed by atoms with Gasteiger partial charge in [0.05, 0.1) is 19.3 Å². The first-order chi connectivity index (χ1) is 17.7. The Hall–Kier alpha value is -3.48. The van der Waals surface area contributed by atoms with Crippen LogP contribution in [-0.2, 0) is 14.8 Å². The number of benzene rings is 3. The van der Waals surface area contributed by atoms with Crippen molar-refractivity contribution in [1.29, 1.82) is 0 Å². The van der Waals surface area contributed by atoms with Crippen molar-refractivity contribution >= 4 is 26.1 Å². The molecule has 0 radical (unpaired) electrons. The second-order valence-corrected chi connectivity index (χ2v) is 14.6. The highest BCUT2D eigenvalue weighted by Gasteiger charge is 2.50. The van der Waals surface area contributed by atoms with Crippen LogP contribution in [-0.4, -0.2) is 33.8 Å². The van der Waals surface area contributed by atoms with Gasteiger partial charge in [0.15, 0.2) is 14.1 Å². The van der Waals surface area contributed by atoms with Gasteiger partial charge in [0, 0.05) is 11.1 Å². The molecule has 1 aliphatic rings. The minimum atomic E-state index is -2.09. The van der Waals surface area contributed by atoms with Crippen LogP contribution >= 0.6 is 0 Å². The molecule has 3 aromatic rings. The van der Waals surface area contributed by atoms with Gasteiger partial charge in [-0.2, -0.15) is 0 Å². The average Bonchev–Trinajstić information content (AvgIpc) is 3.11. The van der Waals surface area contributed by atoms with Crippen molar-refractivity contribution in [2.24, 2.45) is 0 Å². The van der Waals surface area contributed by atoms with Crippen LogP contribution in [0.1, 0.15) is 51.1 Å². The Labute approximate surface area is 220 Å². The van der Waals surface area contributed by atoms with Gasteiger partial charge in [0.1, 0.15) is 11.4 Å². The van der Waals surface area contributed by atoms with E-state index in [1.165, 1.54) is 7.11 Å². The number of carbonyl (C=O) groups is 2. The average molecular weight is 515 g/mol. The molecule has 0 bridgehead atoms. The van der Waals surface area contributed by atoms with Gasteiger partial charge in [-0.15, -0.1) is 0 Å². The van der Waals surface area contributed by atoms with Crippen LogP contribution in [0.25, 0.3) is 6.08 Å². The number of carbonyl (C=O) groups excluding carboxylic acids is 2. The van der Waals surface area contributed by atoms with E-state index in [-0.39, 0.29) is 5.78 Å². The van der Waals surface area contributed by atoms with Crippen LogP contribution in [0.5, 0.6) is 5.75 Å². The highest BCUT2D eigenvalue weighted by atomic mass is 28.4. The van der Waals surface area contributed by atoms with E-state index in [9.17, 15) is 9.59 Å². The Kier molecular flexibility index (Phi) is 8.10. The number of methoxy groups -OCH3 is 1. The number of fused-ring (bicyclic) bond motifs is 1. The summed E-state index contributed by atoms with van der Waals surface area (Å²) in [6.45, 7) is 7.06. The lowest BCUT2D eigenvalue weighted by atomic mass is 9.85. The summed E-state index contributed by atoms with van der Waals surface area (Å²) in [4.78, 5) is 25.6. The van der Waals surface area contributed by atoms with E-state index in [4.69, 9.17) is 13.9 Å². The fourth-order valence-electron chi connectivity index (χ4n) is 4.82. The molecule has 4 rings (SSSR count). The second-order valence-electron chi connectivity index (χ2n) is 10.2. The van der Waals surface area contributed by atoms with E-state index in [1.807, 2.05) is 72.8 Å². The molecule has 6 heteroatoms. The van der Waals surface area contributed by atoms with E-state index in [1.54, 1.807) is 12.1 Å². The Morgan fingerprint density at radius 2 is 1.57 bits per heavy atom. The number of hydrogen-bond acceptors (Lipinski definition) is 5. The largest absolute Gasteiger partial charge is 0.494 e. The van der Waals surface area contributed by atoms with Crippen molar-refractivity contribution in [3.05, 3.63) is 107 Å². The molecule has 0 fully saturated rings. The quantitative estimate of drug-likeness (QED) is 0.126. The molecule has 0 saturated carbocycles. The second kappa shape index (κ2) is 11.3. The minimum absolute atomic E-state index is 0.00794. The molecule has 0 amide bonds. The molecular formula is C31H34O5Si. The third kappa shape index (κ3) is 6.09. The molecule has 5 nitrogen and oxygen atoms in total. The van der Waals surface area contributed by atoms with E-state index in [2.05, 4.69) is 19.6 Å². The standard InChI is InChI=1S/C31H34O5Si/c1-34-30(33)24-18-16-23(17-19-24)22-28-29(32)26-14-8-9-15-27(26)31(28,36-37(2,3)4)20-10-11-21-35-25-12-6-5-7-13-25/h5-9,12-19,22H,10-11,20-21H2,1-4H3.